The Morgan fingerprint density at radius 2 is 1.62 bits per heavy atom. The third-order valence-electron chi connectivity index (χ3n) is 3.39. The largest absolute Gasteiger partial charge is 0.374 e. The van der Waals surface area contributed by atoms with Crippen LogP contribution in [0.2, 0.25) is 0 Å². The summed E-state index contributed by atoms with van der Waals surface area (Å²) in [5, 5.41) is 12.9. The monoisotopic (exact) mass is 329 g/mol. The molecule has 7 nitrogen and oxygen atoms in total. The van der Waals surface area contributed by atoms with Gasteiger partial charge in [-0.15, -0.1) is 0 Å². The Kier molecular flexibility index (Phi) is 5.57. The van der Waals surface area contributed by atoms with Gasteiger partial charge in [0.2, 0.25) is 11.8 Å². The Balaban J connectivity index is 1.96. The molecule has 0 saturated carbocycles. The van der Waals surface area contributed by atoms with E-state index in [2.05, 4.69) is 21.0 Å². The van der Waals surface area contributed by atoms with Gasteiger partial charge in [0.1, 0.15) is 11.9 Å². The quantitative estimate of drug-likeness (QED) is 0.760. The highest BCUT2D eigenvalue weighted by Crippen LogP contribution is 2.16. The number of hydrogen-bond acceptors (Lipinski definition) is 4. The zero-order valence-electron chi connectivity index (χ0n) is 14.3. The van der Waals surface area contributed by atoms with E-state index in [1.807, 2.05) is 26.0 Å². The summed E-state index contributed by atoms with van der Waals surface area (Å²) >= 11 is 0. The number of rotatable bonds is 6. The number of anilines is 3. The molecule has 24 heavy (non-hydrogen) atoms. The van der Waals surface area contributed by atoms with Gasteiger partial charge in [0.05, 0.1) is 6.20 Å². The molecule has 1 heterocycles. The lowest BCUT2D eigenvalue weighted by Gasteiger charge is -2.17. The van der Waals surface area contributed by atoms with E-state index in [-0.39, 0.29) is 17.9 Å². The van der Waals surface area contributed by atoms with Gasteiger partial charge in [0, 0.05) is 30.4 Å². The lowest BCUT2D eigenvalue weighted by atomic mass is 10.2. The summed E-state index contributed by atoms with van der Waals surface area (Å²) in [7, 11) is 0. The summed E-state index contributed by atoms with van der Waals surface area (Å²) in [4.78, 5) is 23.3. The van der Waals surface area contributed by atoms with Crippen LogP contribution in [0.15, 0.2) is 36.5 Å². The second-order valence-electron chi connectivity index (χ2n) is 5.87. The van der Waals surface area contributed by atoms with Crippen molar-refractivity contribution in [1.82, 2.24) is 9.78 Å². The molecule has 3 N–H and O–H groups in total. The second-order valence-corrected chi connectivity index (χ2v) is 5.87. The van der Waals surface area contributed by atoms with E-state index in [0.29, 0.717) is 11.5 Å². The first-order valence-electron chi connectivity index (χ1n) is 7.85. The van der Waals surface area contributed by atoms with Crippen molar-refractivity contribution >= 4 is 29.0 Å². The molecular formula is C17H23N5O2. The molecule has 0 spiro atoms. The van der Waals surface area contributed by atoms with E-state index in [0.717, 1.165) is 5.69 Å². The van der Waals surface area contributed by atoms with Crippen LogP contribution in [0.4, 0.5) is 17.2 Å². The molecular weight excluding hydrogens is 306 g/mol. The second kappa shape index (κ2) is 7.63. The van der Waals surface area contributed by atoms with Gasteiger partial charge in [-0.2, -0.15) is 5.10 Å². The molecule has 128 valence electrons. The first kappa shape index (κ1) is 17.5. The van der Waals surface area contributed by atoms with Gasteiger partial charge >= 0.3 is 0 Å². The molecule has 1 aromatic heterocycles. The van der Waals surface area contributed by atoms with Gasteiger partial charge in [0.15, 0.2) is 0 Å². The van der Waals surface area contributed by atoms with Crippen molar-refractivity contribution in [2.24, 2.45) is 0 Å². The summed E-state index contributed by atoms with van der Waals surface area (Å²) in [6.07, 6.45) is 1.66. The first-order valence-corrected chi connectivity index (χ1v) is 7.85. The van der Waals surface area contributed by atoms with Crippen molar-refractivity contribution in [2.75, 3.05) is 16.0 Å². The molecule has 1 aromatic carbocycles. The average molecular weight is 329 g/mol. The maximum absolute atomic E-state index is 12.3. The Morgan fingerprint density at radius 1 is 1.00 bits per heavy atom. The van der Waals surface area contributed by atoms with Crippen LogP contribution >= 0.6 is 0 Å². The summed E-state index contributed by atoms with van der Waals surface area (Å²) < 4.78 is 1.76. The Morgan fingerprint density at radius 3 is 2.21 bits per heavy atom. The number of nitrogens with zero attached hydrogens (tertiary/aromatic N) is 2. The highest BCUT2D eigenvalue weighted by Gasteiger charge is 2.15. The lowest BCUT2D eigenvalue weighted by Crippen LogP contribution is -2.32. The van der Waals surface area contributed by atoms with Crippen molar-refractivity contribution in [2.45, 2.75) is 39.8 Å². The van der Waals surface area contributed by atoms with E-state index < -0.39 is 6.04 Å². The predicted molar refractivity (Wildman–Crippen MR) is 95.1 cm³/mol. The van der Waals surface area contributed by atoms with E-state index >= 15 is 0 Å². The minimum atomic E-state index is -0.424. The number of nitrogens with one attached hydrogen (secondary N) is 3. The number of carbonyl (C=O) groups excluding carboxylic acids is 2. The molecule has 0 aliphatic heterocycles. The molecule has 7 heteroatoms. The van der Waals surface area contributed by atoms with Crippen molar-refractivity contribution < 1.29 is 9.59 Å². The molecule has 1 unspecified atom stereocenters. The summed E-state index contributed by atoms with van der Waals surface area (Å²) in [5.41, 5.74) is 1.51. The fraction of sp³-hybridized carbons (Fsp3) is 0.353. The summed E-state index contributed by atoms with van der Waals surface area (Å²) in [5.74, 6) is 0.401. The molecule has 2 amide bonds. The normalized spacial score (nSPS) is 11.9. The van der Waals surface area contributed by atoms with Crippen molar-refractivity contribution in [3.8, 4) is 0 Å². The first-order chi connectivity index (χ1) is 11.4. The zero-order valence-corrected chi connectivity index (χ0v) is 14.3. The molecule has 1 atom stereocenters. The number of aromatic nitrogens is 2. The van der Waals surface area contributed by atoms with Gasteiger partial charge in [-0.3, -0.25) is 9.59 Å². The van der Waals surface area contributed by atoms with E-state index in [9.17, 15) is 9.59 Å². The molecule has 0 fully saturated rings. The van der Waals surface area contributed by atoms with Crippen LogP contribution in [0.5, 0.6) is 0 Å². The maximum atomic E-state index is 12.3. The summed E-state index contributed by atoms with van der Waals surface area (Å²) in [6.45, 7) is 7.25. The Hall–Kier alpha value is -2.83. The minimum Gasteiger partial charge on any atom is -0.374 e. The van der Waals surface area contributed by atoms with Crippen LogP contribution in [0, 0.1) is 0 Å². The molecule has 2 rings (SSSR count). The van der Waals surface area contributed by atoms with E-state index in [1.54, 1.807) is 36.0 Å². The SMILES string of the molecule is CC(=O)Nc1ccc(NC(C)C(=O)Nc2ccnn2C(C)C)cc1. The van der Waals surface area contributed by atoms with Crippen LogP contribution in [0.1, 0.15) is 33.7 Å². The average Bonchev–Trinajstić information content (AvgIpc) is 2.97. The molecule has 2 aromatic rings. The third kappa shape index (κ3) is 4.58. The van der Waals surface area contributed by atoms with Gasteiger partial charge in [-0.05, 0) is 45.0 Å². The molecule has 0 bridgehead atoms. The fourth-order valence-electron chi connectivity index (χ4n) is 2.23. The lowest BCUT2D eigenvalue weighted by molar-refractivity contribution is -0.116. The van der Waals surface area contributed by atoms with Crippen molar-refractivity contribution in [3.05, 3.63) is 36.5 Å². The molecule has 0 aliphatic rings. The van der Waals surface area contributed by atoms with Crippen LogP contribution in [0.25, 0.3) is 0 Å². The van der Waals surface area contributed by atoms with Gasteiger partial charge in [0.25, 0.3) is 0 Å². The van der Waals surface area contributed by atoms with Gasteiger partial charge in [-0.1, -0.05) is 0 Å². The van der Waals surface area contributed by atoms with E-state index in [4.69, 9.17) is 0 Å². The van der Waals surface area contributed by atoms with Crippen LogP contribution in [-0.4, -0.2) is 27.6 Å². The Labute approximate surface area is 141 Å². The van der Waals surface area contributed by atoms with Gasteiger partial charge in [-0.25, -0.2) is 4.68 Å². The summed E-state index contributed by atoms with van der Waals surface area (Å²) in [6, 6.07) is 8.70. The third-order valence-corrected chi connectivity index (χ3v) is 3.39. The van der Waals surface area contributed by atoms with Crippen molar-refractivity contribution in [3.63, 3.8) is 0 Å². The number of hydrogen-bond donors (Lipinski definition) is 3. The number of carbonyl (C=O) groups is 2. The fourth-order valence-corrected chi connectivity index (χ4v) is 2.23. The number of amides is 2. The number of benzene rings is 1. The highest BCUT2D eigenvalue weighted by molar-refractivity contribution is 5.95. The smallest absolute Gasteiger partial charge is 0.247 e. The van der Waals surface area contributed by atoms with Gasteiger partial charge < -0.3 is 16.0 Å². The van der Waals surface area contributed by atoms with E-state index in [1.165, 1.54) is 6.92 Å². The van der Waals surface area contributed by atoms with Crippen LogP contribution in [-0.2, 0) is 9.59 Å². The topological polar surface area (TPSA) is 88.1 Å². The maximum Gasteiger partial charge on any atom is 0.247 e. The molecule has 0 radical (unpaired) electrons. The van der Waals surface area contributed by atoms with Crippen LogP contribution < -0.4 is 16.0 Å². The minimum absolute atomic E-state index is 0.120. The Bertz CT molecular complexity index is 706. The predicted octanol–water partition coefficient (Wildman–Crippen LogP) is 2.86. The van der Waals surface area contributed by atoms with Crippen molar-refractivity contribution in [1.29, 1.82) is 0 Å². The molecule has 0 aliphatic carbocycles. The van der Waals surface area contributed by atoms with Crippen LogP contribution in [0.3, 0.4) is 0 Å². The highest BCUT2D eigenvalue weighted by atomic mass is 16.2. The molecule has 0 saturated heterocycles. The zero-order chi connectivity index (χ0) is 17.7. The standard InChI is InChI=1S/C17H23N5O2/c1-11(2)22-16(9-10-18-22)21-17(24)12(3)19-14-5-7-15(8-6-14)20-13(4)23/h5-12,19H,1-4H3,(H,20,23)(H,21,24).